The minimum Gasteiger partial charge on any atom is -0.354 e. The van der Waals surface area contributed by atoms with Crippen molar-refractivity contribution in [2.24, 2.45) is 5.92 Å². The van der Waals surface area contributed by atoms with Gasteiger partial charge in [-0.2, -0.15) is 11.8 Å². The van der Waals surface area contributed by atoms with Crippen molar-refractivity contribution >= 4 is 17.6 Å². The molecule has 1 aromatic heterocycles. The molecule has 4 heteroatoms. The Balaban J connectivity index is 1.91. The van der Waals surface area contributed by atoms with Gasteiger partial charge in [-0.15, -0.1) is 0 Å². The lowest BCUT2D eigenvalue weighted by atomic mass is 10.2. The molecule has 1 saturated heterocycles. The Morgan fingerprint density at radius 2 is 2.20 bits per heavy atom. The van der Waals surface area contributed by atoms with Gasteiger partial charge >= 0.3 is 0 Å². The van der Waals surface area contributed by atoms with E-state index in [1.165, 1.54) is 11.3 Å². The monoisotopic (exact) mass is 293 g/mol. The Bertz CT molecular complexity index is 414. The molecule has 2 rings (SSSR count). The quantitative estimate of drug-likeness (QED) is 0.902. The predicted octanol–water partition coefficient (Wildman–Crippen LogP) is 3.16. The van der Waals surface area contributed by atoms with E-state index in [1.807, 2.05) is 6.20 Å². The summed E-state index contributed by atoms with van der Waals surface area (Å²) in [7, 11) is 0. The molecule has 112 valence electrons. The maximum atomic E-state index is 4.64. The highest BCUT2D eigenvalue weighted by atomic mass is 32.2. The zero-order chi connectivity index (χ0) is 14.6. The first-order valence-corrected chi connectivity index (χ1v) is 8.49. The Labute approximate surface area is 127 Å². The second-order valence-electron chi connectivity index (χ2n) is 6.58. The summed E-state index contributed by atoms with van der Waals surface area (Å²) in [5.41, 5.74) is 1.26. The second kappa shape index (κ2) is 6.81. The SMILES string of the molecule is CC(C)CNCc1ccc(N2CCSC(C)(C)C2)nc1. The molecule has 1 aliphatic rings. The minimum atomic E-state index is 0.331. The molecule has 0 atom stereocenters. The standard InChI is InChI=1S/C16H27N3S/c1-13(2)9-17-10-14-5-6-15(18-11-14)19-7-8-20-16(3,4)12-19/h5-6,11,13,17H,7-10,12H2,1-4H3. The van der Waals surface area contributed by atoms with Crippen LogP contribution in [0.3, 0.4) is 0 Å². The second-order valence-corrected chi connectivity index (χ2v) is 8.38. The molecule has 1 aromatic rings. The highest BCUT2D eigenvalue weighted by Crippen LogP contribution is 2.31. The summed E-state index contributed by atoms with van der Waals surface area (Å²) in [6.07, 6.45) is 2.01. The summed E-state index contributed by atoms with van der Waals surface area (Å²) < 4.78 is 0.331. The van der Waals surface area contributed by atoms with Gasteiger partial charge in [0.1, 0.15) is 5.82 Å². The van der Waals surface area contributed by atoms with Gasteiger partial charge in [-0.1, -0.05) is 19.9 Å². The molecule has 0 unspecified atom stereocenters. The number of hydrogen-bond donors (Lipinski definition) is 1. The summed E-state index contributed by atoms with van der Waals surface area (Å²) in [6, 6.07) is 4.36. The van der Waals surface area contributed by atoms with Crippen LogP contribution in [0.5, 0.6) is 0 Å². The molecular weight excluding hydrogens is 266 g/mol. The van der Waals surface area contributed by atoms with E-state index in [4.69, 9.17) is 0 Å². The van der Waals surface area contributed by atoms with Crippen LogP contribution in [0.25, 0.3) is 0 Å². The van der Waals surface area contributed by atoms with Crippen molar-refractivity contribution in [3.8, 4) is 0 Å². The first-order valence-electron chi connectivity index (χ1n) is 7.51. The van der Waals surface area contributed by atoms with Crippen molar-refractivity contribution in [3.05, 3.63) is 23.9 Å². The lowest BCUT2D eigenvalue weighted by molar-refractivity contribution is 0.552. The van der Waals surface area contributed by atoms with Crippen LogP contribution in [-0.2, 0) is 6.54 Å². The Hall–Kier alpha value is -0.740. The first kappa shape index (κ1) is 15.6. The van der Waals surface area contributed by atoms with E-state index >= 15 is 0 Å². The molecule has 3 nitrogen and oxygen atoms in total. The predicted molar refractivity (Wildman–Crippen MR) is 89.5 cm³/mol. The van der Waals surface area contributed by atoms with Gasteiger partial charge in [-0.05, 0) is 37.9 Å². The van der Waals surface area contributed by atoms with E-state index in [1.54, 1.807) is 0 Å². The van der Waals surface area contributed by atoms with Crippen LogP contribution in [0.1, 0.15) is 33.3 Å². The van der Waals surface area contributed by atoms with Gasteiger partial charge in [0.15, 0.2) is 0 Å². The Kier molecular flexibility index (Phi) is 5.33. The fraction of sp³-hybridized carbons (Fsp3) is 0.688. The number of nitrogens with one attached hydrogen (secondary N) is 1. The third-order valence-corrected chi connectivity index (χ3v) is 4.74. The van der Waals surface area contributed by atoms with Gasteiger partial charge in [-0.25, -0.2) is 4.98 Å². The topological polar surface area (TPSA) is 28.2 Å². The van der Waals surface area contributed by atoms with Crippen LogP contribution < -0.4 is 10.2 Å². The van der Waals surface area contributed by atoms with Crippen molar-refractivity contribution in [1.29, 1.82) is 0 Å². The van der Waals surface area contributed by atoms with E-state index in [2.05, 4.69) is 66.8 Å². The molecule has 1 fully saturated rings. The Morgan fingerprint density at radius 3 is 2.80 bits per heavy atom. The fourth-order valence-corrected chi connectivity index (χ4v) is 3.54. The molecule has 0 bridgehead atoms. The highest BCUT2D eigenvalue weighted by Gasteiger charge is 2.27. The molecule has 1 aliphatic heterocycles. The number of anilines is 1. The molecular formula is C16H27N3S. The number of nitrogens with zero attached hydrogens (tertiary/aromatic N) is 2. The van der Waals surface area contributed by atoms with Crippen molar-refractivity contribution in [1.82, 2.24) is 10.3 Å². The van der Waals surface area contributed by atoms with Gasteiger partial charge in [0.2, 0.25) is 0 Å². The Morgan fingerprint density at radius 1 is 1.40 bits per heavy atom. The lowest BCUT2D eigenvalue weighted by Crippen LogP contribution is -2.43. The summed E-state index contributed by atoms with van der Waals surface area (Å²) >= 11 is 2.06. The number of thioether (sulfide) groups is 1. The molecule has 0 amide bonds. The first-order chi connectivity index (χ1) is 9.46. The number of aromatic nitrogens is 1. The van der Waals surface area contributed by atoms with Crippen molar-refractivity contribution in [2.45, 2.75) is 39.0 Å². The van der Waals surface area contributed by atoms with Crippen LogP contribution >= 0.6 is 11.8 Å². The number of pyridine rings is 1. The van der Waals surface area contributed by atoms with Gasteiger partial charge in [0.05, 0.1) is 0 Å². The summed E-state index contributed by atoms with van der Waals surface area (Å²) in [4.78, 5) is 7.05. The van der Waals surface area contributed by atoms with E-state index < -0.39 is 0 Å². The number of hydrogen-bond acceptors (Lipinski definition) is 4. The van der Waals surface area contributed by atoms with Crippen LogP contribution in [0, 0.1) is 5.92 Å². The van der Waals surface area contributed by atoms with Gasteiger partial charge in [-0.3, -0.25) is 0 Å². The highest BCUT2D eigenvalue weighted by molar-refractivity contribution is 8.00. The third kappa shape index (κ3) is 4.67. The zero-order valence-electron chi connectivity index (χ0n) is 13.1. The molecule has 0 aromatic carbocycles. The van der Waals surface area contributed by atoms with E-state index in [0.717, 1.165) is 32.0 Å². The van der Waals surface area contributed by atoms with Gasteiger partial charge in [0, 0.05) is 36.3 Å². The summed E-state index contributed by atoms with van der Waals surface area (Å²) in [6.45, 7) is 13.2. The van der Waals surface area contributed by atoms with Gasteiger partial charge < -0.3 is 10.2 Å². The van der Waals surface area contributed by atoms with Crippen molar-refractivity contribution in [2.75, 3.05) is 30.3 Å². The average molecular weight is 293 g/mol. The van der Waals surface area contributed by atoms with Crippen LogP contribution in [0.15, 0.2) is 18.3 Å². The summed E-state index contributed by atoms with van der Waals surface area (Å²) in [5, 5.41) is 3.46. The molecule has 1 N–H and O–H groups in total. The molecule has 0 saturated carbocycles. The molecule has 2 heterocycles. The van der Waals surface area contributed by atoms with Crippen LogP contribution in [0.2, 0.25) is 0 Å². The van der Waals surface area contributed by atoms with Gasteiger partial charge in [0.25, 0.3) is 0 Å². The maximum absolute atomic E-state index is 4.64. The normalized spacial score (nSPS) is 18.6. The zero-order valence-corrected chi connectivity index (χ0v) is 14.0. The van der Waals surface area contributed by atoms with E-state index in [0.29, 0.717) is 10.7 Å². The van der Waals surface area contributed by atoms with Crippen LogP contribution in [-0.4, -0.2) is 35.1 Å². The fourth-order valence-electron chi connectivity index (χ4n) is 2.43. The molecule has 0 radical (unpaired) electrons. The minimum absolute atomic E-state index is 0.331. The third-order valence-electron chi connectivity index (χ3n) is 3.44. The largest absolute Gasteiger partial charge is 0.354 e. The average Bonchev–Trinajstić information content (AvgIpc) is 2.38. The lowest BCUT2D eigenvalue weighted by Gasteiger charge is -2.38. The van der Waals surface area contributed by atoms with Crippen molar-refractivity contribution in [3.63, 3.8) is 0 Å². The molecule has 0 spiro atoms. The maximum Gasteiger partial charge on any atom is 0.128 e. The number of rotatable bonds is 5. The smallest absolute Gasteiger partial charge is 0.128 e. The summed E-state index contributed by atoms with van der Waals surface area (Å²) in [5.74, 6) is 2.99. The van der Waals surface area contributed by atoms with E-state index in [-0.39, 0.29) is 0 Å². The molecule has 0 aliphatic carbocycles. The van der Waals surface area contributed by atoms with E-state index in [9.17, 15) is 0 Å². The van der Waals surface area contributed by atoms with Crippen molar-refractivity contribution < 1.29 is 0 Å². The molecule has 20 heavy (non-hydrogen) atoms. The van der Waals surface area contributed by atoms with Crippen LogP contribution in [0.4, 0.5) is 5.82 Å².